The third-order valence-electron chi connectivity index (χ3n) is 6.66. The minimum atomic E-state index is 0.441. The van der Waals surface area contributed by atoms with E-state index < -0.39 is 0 Å². The van der Waals surface area contributed by atoms with Crippen LogP contribution in [0.1, 0.15) is 58.8 Å². The van der Waals surface area contributed by atoms with Crippen molar-refractivity contribution in [1.82, 2.24) is 4.90 Å². The van der Waals surface area contributed by atoms with Gasteiger partial charge < -0.3 is 4.90 Å². The van der Waals surface area contributed by atoms with Crippen LogP contribution in [0.5, 0.6) is 0 Å². The molecule has 18 heavy (non-hydrogen) atoms. The molecule has 2 bridgehead atoms. The standard InChI is InChI=1S/C16H28ClN/c1-15(2)13-6-7-16(15,14(17)12-13)8-11-18-9-4-3-5-10-18/h13-14H,3-12H2,1-2H3. The molecule has 2 saturated carbocycles. The molecule has 2 aliphatic carbocycles. The van der Waals surface area contributed by atoms with Crippen LogP contribution in [-0.2, 0) is 0 Å². The van der Waals surface area contributed by atoms with E-state index in [2.05, 4.69) is 18.7 Å². The maximum Gasteiger partial charge on any atom is 0.0400 e. The Balaban J connectivity index is 1.66. The average molecular weight is 270 g/mol. The number of hydrogen-bond acceptors (Lipinski definition) is 1. The van der Waals surface area contributed by atoms with E-state index in [1.54, 1.807) is 0 Å². The summed E-state index contributed by atoms with van der Waals surface area (Å²) in [5, 5.41) is 0.441. The molecule has 0 N–H and O–H groups in total. The maximum atomic E-state index is 6.75. The number of likely N-dealkylation sites (tertiary alicyclic amines) is 1. The molecule has 1 nitrogen and oxygen atoms in total. The molecule has 0 aromatic carbocycles. The van der Waals surface area contributed by atoms with Crippen molar-refractivity contribution in [2.24, 2.45) is 16.7 Å². The predicted molar refractivity (Wildman–Crippen MR) is 78.1 cm³/mol. The Morgan fingerprint density at radius 1 is 1.17 bits per heavy atom. The molecule has 0 aromatic heterocycles. The van der Waals surface area contributed by atoms with Crippen LogP contribution in [0.15, 0.2) is 0 Å². The van der Waals surface area contributed by atoms with Gasteiger partial charge in [-0.3, -0.25) is 0 Å². The van der Waals surface area contributed by atoms with Gasteiger partial charge in [0.15, 0.2) is 0 Å². The van der Waals surface area contributed by atoms with Crippen LogP contribution in [0.4, 0.5) is 0 Å². The normalized spacial score (nSPS) is 43.5. The van der Waals surface area contributed by atoms with Crippen LogP contribution in [0, 0.1) is 16.7 Å². The van der Waals surface area contributed by atoms with E-state index in [1.807, 2.05) is 0 Å². The quantitative estimate of drug-likeness (QED) is 0.691. The van der Waals surface area contributed by atoms with E-state index in [4.69, 9.17) is 11.6 Å². The number of piperidine rings is 1. The first-order chi connectivity index (χ1) is 8.56. The summed E-state index contributed by atoms with van der Waals surface area (Å²) in [6.45, 7) is 8.92. The lowest BCUT2D eigenvalue weighted by atomic mass is 9.67. The summed E-state index contributed by atoms with van der Waals surface area (Å²) >= 11 is 6.75. The zero-order valence-electron chi connectivity index (χ0n) is 12.1. The third kappa shape index (κ3) is 1.85. The number of hydrogen-bond donors (Lipinski definition) is 0. The molecule has 0 spiro atoms. The van der Waals surface area contributed by atoms with E-state index in [9.17, 15) is 0 Å². The number of fused-ring (bicyclic) bond motifs is 2. The maximum absolute atomic E-state index is 6.75. The SMILES string of the molecule is CC1(C)C2CCC1(CCN1CCCCC1)C(Cl)C2. The summed E-state index contributed by atoms with van der Waals surface area (Å²) in [5.74, 6) is 0.890. The third-order valence-corrected chi connectivity index (χ3v) is 7.25. The van der Waals surface area contributed by atoms with Gasteiger partial charge in [-0.05, 0) is 74.9 Å². The fourth-order valence-corrected chi connectivity index (χ4v) is 5.83. The number of halogens is 1. The highest BCUT2D eigenvalue weighted by molar-refractivity contribution is 6.21. The minimum Gasteiger partial charge on any atom is -0.303 e. The van der Waals surface area contributed by atoms with Crippen LogP contribution in [0.25, 0.3) is 0 Å². The number of alkyl halides is 1. The van der Waals surface area contributed by atoms with Gasteiger partial charge in [0, 0.05) is 5.38 Å². The minimum absolute atomic E-state index is 0.441. The zero-order chi connectivity index (χ0) is 12.8. The van der Waals surface area contributed by atoms with Crippen molar-refractivity contribution in [3.8, 4) is 0 Å². The second-order valence-corrected chi connectivity index (χ2v) is 8.00. The molecule has 2 heteroatoms. The van der Waals surface area contributed by atoms with Crippen molar-refractivity contribution >= 4 is 11.6 Å². The van der Waals surface area contributed by atoms with E-state index >= 15 is 0 Å². The van der Waals surface area contributed by atoms with Crippen molar-refractivity contribution in [2.75, 3.05) is 19.6 Å². The molecule has 0 radical (unpaired) electrons. The Labute approximate surface area is 117 Å². The molecule has 3 rings (SSSR count). The van der Waals surface area contributed by atoms with Gasteiger partial charge in [-0.25, -0.2) is 0 Å². The van der Waals surface area contributed by atoms with Gasteiger partial charge in [0.2, 0.25) is 0 Å². The number of nitrogens with zero attached hydrogens (tertiary/aromatic N) is 1. The molecule has 104 valence electrons. The summed E-state index contributed by atoms with van der Waals surface area (Å²) in [7, 11) is 0. The van der Waals surface area contributed by atoms with Crippen molar-refractivity contribution < 1.29 is 0 Å². The first kappa shape index (κ1) is 13.2. The summed E-state index contributed by atoms with van der Waals surface area (Å²) in [5.41, 5.74) is 0.922. The second kappa shape index (κ2) is 4.66. The molecule has 0 amide bonds. The summed E-state index contributed by atoms with van der Waals surface area (Å²) < 4.78 is 0. The van der Waals surface area contributed by atoms with Crippen LogP contribution in [0.2, 0.25) is 0 Å². The molecular formula is C16H28ClN. The molecule has 3 unspecified atom stereocenters. The lowest BCUT2D eigenvalue weighted by molar-refractivity contribution is 0.0929. The predicted octanol–water partition coefficient (Wildman–Crippen LogP) is 4.30. The van der Waals surface area contributed by atoms with Gasteiger partial charge in [0.05, 0.1) is 0 Å². The molecule has 3 fully saturated rings. The van der Waals surface area contributed by atoms with Crippen LogP contribution in [-0.4, -0.2) is 29.9 Å². The highest BCUT2D eigenvalue weighted by Gasteiger charge is 2.62. The Hall–Kier alpha value is 0.250. The van der Waals surface area contributed by atoms with Crippen LogP contribution < -0.4 is 0 Å². The van der Waals surface area contributed by atoms with Crippen LogP contribution >= 0.6 is 11.6 Å². The van der Waals surface area contributed by atoms with E-state index in [-0.39, 0.29) is 0 Å². The van der Waals surface area contributed by atoms with E-state index in [1.165, 1.54) is 64.6 Å². The van der Waals surface area contributed by atoms with Crippen molar-refractivity contribution in [3.63, 3.8) is 0 Å². The first-order valence-corrected chi connectivity index (χ1v) is 8.36. The molecule has 3 atom stereocenters. The Bertz CT molecular complexity index is 308. The van der Waals surface area contributed by atoms with Crippen LogP contribution in [0.3, 0.4) is 0 Å². The summed E-state index contributed by atoms with van der Waals surface area (Å²) in [4.78, 5) is 2.68. The Morgan fingerprint density at radius 3 is 2.44 bits per heavy atom. The van der Waals surface area contributed by atoms with Crippen molar-refractivity contribution in [2.45, 2.75) is 64.2 Å². The largest absolute Gasteiger partial charge is 0.303 e. The smallest absolute Gasteiger partial charge is 0.0400 e. The Kier molecular flexibility index (Phi) is 3.43. The average Bonchev–Trinajstić information content (AvgIpc) is 2.72. The van der Waals surface area contributed by atoms with E-state index in [0.717, 1.165) is 5.92 Å². The zero-order valence-corrected chi connectivity index (χ0v) is 12.8. The first-order valence-electron chi connectivity index (χ1n) is 7.93. The molecule has 3 aliphatic rings. The fraction of sp³-hybridized carbons (Fsp3) is 1.00. The fourth-order valence-electron chi connectivity index (χ4n) is 5.11. The molecule has 0 aromatic rings. The van der Waals surface area contributed by atoms with E-state index in [0.29, 0.717) is 16.2 Å². The number of rotatable bonds is 3. The van der Waals surface area contributed by atoms with Crippen molar-refractivity contribution in [3.05, 3.63) is 0 Å². The van der Waals surface area contributed by atoms with Crippen molar-refractivity contribution in [1.29, 1.82) is 0 Å². The molecule has 1 aliphatic heterocycles. The lowest BCUT2D eigenvalue weighted by Crippen LogP contribution is -2.41. The Morgan fingerprint density at radius 2 is 1.89 bits per heavy atom. The summed E-state index contributed by atoms with van der Waals surface area (Å²) in [6, 6.07) is 0. The van der Waals surface area contributed by atoms with Gasteiger partial charge in [0.25, 0.3) is 0 Å². The summed E-state index contributed by atoms with van der Waals surface area (Å²) in [6.07, 6.45) is 9.67. The second-order valence-electron chi connectivity index (χ2n) is 7.47. The van der Waals surface area contributed by atoms with Gasteiger partial charge >= 0.3 is 0 Å². The molecule has 1 saturated heterocycles. The lowest BCUT2D eigenvalue weighted by Gasteiger charge is -2.42. The van der Waals surface area contributed by atoms with Gasteiger partial charge in [-0.2, -0.15) is 0 Å². The van der Waals surface area contributed by atoms with Gasteiger partial charge in [-0.1, -0.05) is 20.3 Å². The highest BCUT2D eigenvalue weighted by atomic mass is 35.5. The molecular weight excluding hydrogens is 242 g/mol. The monoisotopic (exact) mass is 269 g/mol. The topological polar surface area (TPSA) is 3.24 Å². The van der Waals surface area contributed by atoms with Gasteiger partial charge in [-0.15, -0.1) is 11.6 Å². The molecule has 1 heterocycles. The highest BCUT2D eigenvalue weighted by Crippen LogP contribution is 2.68. The van der Waals surface area contributed by atoms with Gasteiger partial charge in [0.1, 0.15) is 0 Å².